The number of aromatic nitrogens is 3. The van der Waals surface area contributed by atoms with Gasteiger partial charge in [0.25, 0.3) is 0 Å². The van der Waals surface area contributed by atoms with E-state index in [0.29, 0.717) is 19.4 Å². The number of fused-ring (bicyclic) bond motifs is 1. The molecule has 0 radical (unpaired) electrons. The molecule has 5 aromatic rings. The Morgan fingerprint density at radius 3 is 2.37 bits per heavy atom. The van der Waals surface area contributed by atoms with E-state index in [1.165, 1.54) is 4.90 Å². The second-order valence-electron chi connectivity index (χ2n) is 10.9. The largest absolute Gasteiger partial charge is 0.469 e. The molecule has 43 heavy (non-hydrogen) atoms. The lowest BCUT2D eigenvalue weighted by atomic mass is 10.1. The summed E-state index contributed by atoms with van der Waals surface area (Å²) in [7, 11) is 0. The van der Waals surface area contributed by atoms with Crippen LogP contribution in [0.1, 0.15) is 41.2 Å². The number of hydrogen-bond donors (Lipinski definition) is 1. The van der Waals surface area contributed by atoms with E-state index < -0.39 is 6.09 Å². The molecule has 2 aromatic carbocycles. The Bertz CT molecular complexity index is 1610. The zero-order valence-electron chi connectivity index (χ0n) is 24.3. The summed E-state index contributed by atoms with van der Waals surface area (Å²) in [5.74, 6) is 0.776. The lowest BCUT2D eigenvalue weighted by molar-refractivity contribution is 0.0368. The molecule has 9 heteroatoms. The van der Waals surface area contributed by atoms with E-state index in [1.807, 2.05) is 66.9 Å². The Morgan fingerprint density at radius 2 is 1.65 bits per heavy atom. The van der Waals surface area contributed by atoms with Crippen molar-refractivity contribution in [2.24, 2.45) is 0 Å². The molecule has 1 amide bonds. The van der Waals surface area contributed by atoms with Gasteiger partial charge in [0.15, 0.2) is 5.65 Å². The van der Waals surface area contributed by atoms with Gasteiger partial charge in [0.05, 0.1) is 55.2 Å². The summed E-state index contributed by atoms with van der Waals surface area (Å²) in [6.07, 6.45) is 5.48. The van der Waals surface area contributed by atoms with Gasteiger partial charge >= 0.3 is 6.09 Å². The highest BCUT2D eigenvalue weighted by atomic mass is 16.5. The van der Waals surface area contributed by atoms with Crippen molar-refractivity contribution in [1.29, 1.82) is 0 Å². The van der Waals surface area contributed by atoms with Crippen molar-refractivity contribution in [3.05, 3.63) is 114 Å². The average molecular weight is 580 g/mol. The van der Waals surface area contributed by atoms with E-state index in [2.05, 4.69) is 21.4 Å². The minimum atomic E-state index is -0.938. The molecular weight excluding hydrogens is 542 g/mol. The van der Waals surface area contributed by atoms with Crippen molar-refractivity contribution in [3.63, 3.8) is 0 Å². The number of rotatable bonds is 12. The van der Waals surface area contributed by atoms with Crippen LogP contribution in [-0.2, 0) is 24.1 Å². The van der Waals surface area contributed by atoms with Crippen LogP contribution in [0.4, 0.5) is 4.79 Å². The number of unbranched alkanes of at least 4 members (excludes halogenated alkanes) is 1. The Hall–Kier alpha value is -4.47. The lowest BCUT2D eigenvalue weighted by Gasteiger charge is -2.27. The van der Waals surface area contributed by atoms with E-state index in [-0.39, 0.29) is 6.54 Å². The van der Waals surface area contributed by atoms with Gasteiger partial charge in [-0.15, -0.1) is 0 Å². The summed E-state index contributed by atoms with van der Waals surface area (Å²) >= 11 is 0. The van der Waals surface area contributed by atoms with Crippen molar-refractivity contribution in [1.82, 2.24) is 24.2 Å². The highest BCUT2D eigenvalue weighted by Gasteiger charge is 2.23. The maximum absolute atomic E-state index is 12.5. The fourth-order valence-electron chi connectivity index (χ4n) is 5.63. The van der Waals surface area contributed by atoms with Crippen molar-refractivity contribution in [3.8, 4) is 11.3 Å². The van der Waals surface area contributed by atoms with E-state index in [0.717, 1.165) is 91.0 Å². The van der Waals surface area contributed by atoms with E-state index >= 15 is 0 Å². The molecule has 1 aliphatic rings. The Kier molecular flexibility index (Phi) is 9.10. The molecule has 0 atom stereocenters. The SMILES string of the molecule is O=C(O)N(CCCCN1CCOCC1)Cc1c(Cc2ccco2)nc2c(Cc3ccccc3)nc(-c3ccccc3)cn12. The first-order valence-corrected chi connectivity index (χ1v) is 14.9. The van der Waals surface area contributed by atoms with Crippen LogP contribution in [0.15, 0.2) is 89.7 Å². The molecule has 0 spiro atoms. The maximum atomic E-state index is 12.5. The third kappa shape index (κ3) is 7.13. The van der Waals surface area contributed by atoms with Crippen molar-refractivity contribution in [2.45, 2.75) is 32.2 Å². The van der Waals surface area contributed by atoms with Crippen LogP contribution >= 0.6 is 0 Å². The molecule has 222 valence electrons. The van der Waals surface area contributed by atoms with Crippen LogP contribution in [-0.4, -0.2) is 74.8 Å². The predicted molar refractivity (Wildman–Crippen MR) is 164 cm³/mol. The number of benzene rings is 2. The number of amides is 1. The normalized spacial score (nSPS) is 13.9. The van der Waals surface area contributed by atoms with Crippen LogP contribution < -0.4 is 0 Å². The molecule has 4 heterocycles. The van der Waals surface area contributed by atoms with Crippen LogP contribution in [0, 0.1) is 0 Å². The molecule has 0 bridgehead atoms. The number of furan rings is 1. The van der Waals surface area contributed by atoms with Gasteiger partial charge < -0.3 is 19.2 Å². The first kappa shape index (κ1) is 28.6. The third-order valence-electron chi connectivity index (χ3n) is 7.93. The van der Waals surface area contributed by atoms with Crippen molar-refractivity contribution in [2.75, 3.05) is 39.4 Å². The van der Waals surface area contributed by atoms with Gasteiger partial charge in [-0.1, -0.05) is 60.7 Å². The minimum Gasteiger partial charge on any atom is -0.469 e. The quantitative estimate of drug-likeness (QED) is 0.188. The highest BCUT2D eigenvalue weighted by Crippen LogP contribution is 2.26. The number of nitrogens with zero attached hydrogens (tertiary/aromatic N) is 5. The second-order valence-corrected chi connectivity index (χ2v) is 10.9. The fourth-order valence-corrected chi connectivity index (χ4v) is 5.63. The summed E-state index contributed by atoms with van der Waals surface area (Å²) in [4.78, 5) is 26.6. The molecule has 0 aliphatic carbocycles. The van der Waals surface area contributed by atoms with Crippen LogP contribution in [0.25, 0.3) is 16.9 Å². The van der Waals surface area contributed by atoms with Crippen LogP contribution in [0.3, 0.4) is 0 Å². The molecule has 0 saturated carbocycles. The van der Waals surface area contributed by atoms with E-state index in [4.69, 9.17) is 19.1 Å². The smallest absolute Gasteiger partial charge is 0.407 e. The van der Waals surface area contributed by atoms with Gasteiger partial charge in [-0.3, -0.25) is 9.30 Å². The van der Waals surface area contributed by atoms with E-state index in [9.17, 15) is 9.90 Å². The maximum Gasteiger partial charge on any atom is 0.407 e. The lowest BCUT2D eigenvalue weighted by Crippen LogP contribution is -2.37. The molecule has 1 saturated heterocycles. The van der Waals surface area contributed by atoms with Gasteiger partial charge in [0.2, 0.25) is 0 Å². The summed E-state index contributed by atoms with van der Waals surface area (Å²) in [6, 6.07) is 24.1. The first-order valence-electron chi connectivity index (χ1n) is 14.9. The third-order valence-corrected chi connectivity index (χ3v) is 7.93. The Labute approximate surface area is 251 Å². The average Bonchev–Trinajstić information content (AvgIpc) is 3.68. The fraction of sp³-hybridized carbons (Fsp3) is 0.324. The zero-order chi connectivity index (χ0) is 29.4. The molecule has 1 N–H and O–H groups in total. The van der Waals surface area contributed by atoms with Crippen molar-refractivity contribution < 1.29 is 19.1 Å². The monoisotopic (exact) mass is 579 g/mol. The van der Waals surface area contributed by atoms with Crippen LogP contribution in [0.5, 0.6) is 0 Å². The van der Waals surface area contributed by atoms with Crippen LogP contribution in [0.2, 0.25) is 0 Å². The molecule has 1 fully saturated rings. The Balaban J connectivity index is 1.36. The summed E-state index contributed by atoms with van der Waals surface area (Å²) < 4.78 is 13.2. The summed E-state index contributed by atoms with van der Waals surface area (Å²) in [5, 5.41) is 10.3. The number of carbonyl (C=O) groups is 1. The predicted octanol–water partition coefficient (Wildman–Crippen LogP) is 5.76. The molecule has 3 aromatic heterocycles. The first-order chi connectivity index (χ1) is 21.1. The Morgan fingerprint density at radius 1 is 0.884 bits per heavy atom. The number of carboxylic acid groups (broad SMARTS) is 1. The van der Waals surface area contributed by atoms with E-state index in [1.54, 1.807) is 6.26 Å². The highest BCUT2D eigenvalue weighted by molar-refractivity contribution is 5.66. The zero-order valence-corrected chi connectivity index (χ0v) is 24.3. The molecule has 9 nitrogen and oxygen atoms in total. The minimum absolute atomic E-state index is 0.215. The van der Waals surface area contributed by atoms with Crippen molar-refractivity contribution >= 4 is 11.7 Å². The number of hydrogen-bond acceptors (Lipinski definition) is 6. The van der Waals surface area contributed by atoms with Gasteiger partial charge in [-0.2, -0.15) is 0 Å². The number of imidazole rings is 1. The standard InChI is InChI=1S/C34H37N5O4/c40-34(41)38(16-8-7-15-37-17-20-42-21-18-37)25-32-29(23-28-14-9-19-43-28)36-33-30(22-26-10-3-1-4-11-26)35-31(24-39(32)33)27-12-5-2-6-13-27/h1-6,9-14,19,24H,7-8,15-18,20-23,25H2,(H,40,41). The summed E-state index contributed by atoms with van der Waals surface area (Å²) in [5.41, 5.74) is 6.13. The number of morpholine rings is 1. The number of ether oxygens (including phenoxy) is 1. The van der Waals surface area contributed by atoms with Gasteiger partial charge in [0, 0.05) is 37.8 Å². The summed E-state index contributed by atoms with van der Waals surface area (Å²) in [6.45, 7) is 5.01. The van der Waals surface area contributed by atoms with Gasteiger partial charge in [-0.05, 0) is 37.1 Å². The topological polar surface area (TPSA) is 96.3 Å². The molecular formula is C34H37N5O4. The molecule has 6 rings (SSSR count). The van der Waals surface area contributed by atoms with Gasteiger partial charge in [0.1, 0.15) is 5.76 Å². The molecule has 1 aliphatic heterocycles. The molecule has 0 unspecified atom stereocenters. The second kappa shape index (κ2) is 13.7. The van der Waals surface area contributed by atoms with Gasteiger partial charge in [-0.25, -0.2) is 14.8 Å².